The summed E-state index contributed by atoms with van der Waals surface area (Å²) in [5.74, 6) is -0.0680. The summed E-state index contributed by atoms with van der Waals surface area (Å²) in [4.78, 5) is 0. The molecule has 0 heterocycles. The molecule has 1 saturated carbocycles. The third kappa shape index (κ3) is 2.97. The third-order valence-corrected chi connectivity index (χ3v) is 3.52. The van der Waals surface area contributed by atoms with Crippen molar-refractivity contribution in [2.45, 2.75) is 38.3 Å². The van der Waals surface area contributed by atoms with Gasteiger partial charge in [0.25, 0.3) is 0 Å². The maximum atomic E-state index is 13.7. The van der Waals surface area contributed by atoms with Gasteiger partial charge in [-0.1, -0.05) is 18.6 Å². The first-order valence-electron chi connectivity index (χ1n) is 5.79. The lowest BCUT2D eigenvalue weighted by Crippen LogP contribution is -2.36. The fourth-order valence-corrected chi connectivity index (χ4v) is 2.16. The van der Waals surface area contributed by atoms with Crippen molar-refractivity contribution in [3.05, 3.63) is 35.1 Å². The van der Waals surface area contributed by atoms with Crippen molar-refractivity contribution in [3.63, 3.8) is 0 Å². The SMILES string of the molecule is Cc1ccc([C@H](N)[C@H](O)C2CCC2)c(F)c1.Cl. The van der Waals surface area contributed by atoms with Gasteiger partial charge in [0.2, 0.25) is 0 Å². The zero-order chi connectivity index (χ0) is 11.7. The molecule has 1 aromatic rings. The van der Waals surface area contributed by atoms with Crippen molar-refractivity contribution in [2.24, 2.45) is 11.7 Å². The van der Waals surface area contributed by atoms with E-state index >= 15 is 0 Å². The second-order valence-corrected chi connectivity index (χ2v) is 4.73. The number of hydrogen-bond donors (Lipinski definition) is 2. The number of aliphatic hydroxyl groups is 1. The summed E-state index contributed by atoms with van der Waals surface area (Å²) in [5.41, 5.74) is 7.20. The largest absolute Gasteiger partial charge is 0.391 e. The van der Waals surface area contributed by atoms with E-state index in [0.717, 1.165) is 24.8 Å². The third-order valence-electron chi connectivity index (χ3n) is 3.52. The van der Waals surface area contributed by atoms with Crippen LogP contribution in [0.15, 0.2) is 18.2 Å². The molecule has 3 N–H and O–H groups in total. The zero-order valence-corrected chi connectivity index (χ0v) is 10.7. The Morgan fingerprint density at radius 2 is 2.06 bits per heavy atom. The maximum absolute atomic E-state index is 13.7. The van der Waals surface area contributed by atoms with Crippen LogP contribution in [0.3, 0.4) is 0 Å². The molecule has 0 bridgehead atoms. The molecule has 4 heteroatoms. The quantitative estimate of drug-likeness (QED) is 0.877. The van der Waals surface area contributed by atoms with E-state index in [-0.39, 0.29) is 24.1 Å². The molecular formula is C13H19ClFNO. The van der Waals surface area contributed by atoms with Gasteiger partial charge in [-0.15, -0.1) is 12.4 Å². The van der Waals surface area contributed by atoms with Crippen molar-refractivity contribution < 1.29 is 9.50 Å². The normalized spacial score (nSPS) is 19.1. The molecule has 0 amide bonds. The van der Waals surface area contributed by atoms with Crippen LogP contribution in [-0.4, -0.2) is 11.2 Å². The Morgan fingerprint density at radius 1 is 1.41 bits per heavy atom. The highest BCUT2D eigenvalue weighted by Gasteiger charge is 2.31. The van der Waals surface area contributed by atoms with E-state index in [1.54, 1.807) is 6.07 Å². The number of aliphatic hydroxyl groups excluding tert-OH is 1. The predicted molar refractivity (Wildman–Crippen MR) is 68.7 cm³/mol. The number of benzene rings is 1. The van der Waals surface area contributed by atoms with Crippen molar-refractivity contribution >= 4 is 12.4 Å². The molecule has 1 aliphatic carbocycles. The Labute approximate surface area is 107 Å². The summed E-state index contributed by atoms with van der Waals surface area (Å²) in [6, 6.07) is 4.36. The molecule has 1 aliphatic rings. The smallest absolute Gasteiger partial charge is 0.128 e. The second-order valence-electron chi connectivity index (χ2n) is 4.73. The van der Waals surface area contributed by atoms with Gasteiger partial charge in [-0.05, 0) is 37.3 Å². The molecular weight excluding hydrogens is 241 g/mol. The maximum Gasteiger partial charge on any atom is 0.128 e. The minimum atomic E-state index is -0.619. The summed E-state index contributed by atoms with van der Waals surface area (Å²) < 4.78 is 13.7. The van der Waals surface area contributed by atoms with Crippen molar-refractivity contribution in [2.75, 3.05) is 0 Å². The molecule has 0 saturated heterocycles. The van der Waals surface area contributed by atoms with Gasteiger partial charge in [0, 0.05) is 5.56 Å². The molecule has 2 atom stereocenters. The van der Waals surface area contributed by atoms with Crippen LogP contribution in [-0.2, 0) is 0 Å². The molecule has 96 valence electrons. The van der Waals surface area contributed by atoms with Crippen LogP contribution in [0.5, 0.6) is 0 Å². The van der Waals surface area contributed by atoms with Gasteiger partial charge in [0.15, 0.2) is 0 Å². The van der Waals surface area contributed by atoms with Gasteiger partial charge >= 0.3 is 0 Å². The fraction of sp³-hybridized carbons (Fsp3) is 0.538. The number of rotatable bonds is 3. The molecule has 17 heavy (non-hydrogen) atoms. The first-order valence-corrected chi connectivity index (χ1v) is 5.79. The van der Waals surface area contributed by atoms with Crippen LogP contribution in [0.4, 0.5) is 4.39 Å². The Hall–Kier alpha value is -0.640. The number of halogens is 2. The molecule has 2 rings (SSSR count). The van der Waals surface area contributed by atoms with Crippen LogP contribution in [0.25, 0.3) is 0 Å². The summed E-state index contributed by atoms with van der Waals surface area (Å²) in [5, 5.41) is 9.99. The lowest BCUT2D eigenvalue weighted by atomic mass is 9.77. The summed E-state index contributed by atoms with van der Waals surface area (Å²) in [6.07, 6.45) is 2.53. The first kappa shape index (κ1) is 14.4. The molecule has 0 aliphatic heterocycles. The summed E-state index contributed by atoms with van der Waals surface area (Å²) in [7, 11) is 0. The van der Waals surface area contributed by atoms with E-state index in [4.69, 9.17) is 5.73 Å². The van der Waals surface area contributed by atoms with Crippen molar-refractivity contribution in [1.29, 1.82) is 0 Å². The number of aryl methyl sites for hydroxylation is 1. The Morgan fingerprint density at radius 3 is 2.53 bits per heavy atom. The van der Waals surface area contributed by atoms with Crippen LogP contribution in [0.2, 0.25) is 0 Å². The standard InChI is InChI=1S/C13H18FNO.ClH/c1-8-5-6-10(11(14)7-8)12(15)13(16)9-3-2-4-9;/h5-7,9,12-13,16H,2-4,15H2,1H3;1H/t12-,13+;/m0./s1. The minimum absolute atomic E-state index is 0. The highest BCUT2D eigenvalue weighted by molar-refractivity contribution is 5.85. The summed E-state index contributed by atoms with van der Waals surface area (Å²) in [6.45, 7) is 1.83. The van der Waals surface area contributed by atoms with E-state index < -0.39 is 12.1 Å². The van der Waals surface area contributed by atoms with Crippen LogP contribution >= 0.6 is 12.4 Å². The molecule has 2 nitrogen and oxygen atoms in total. The van der Waals surface area contributed by atoms with Gasteiger partial charge in [-0.2, -0.15) is 0 Å². The topological polar surface area (TPSA) is 46.2 Å². The Kier molecular flexibility index (Phi) is 4.92. The molecule has 1 fully saturated rings. The summed E-state index contributed by atoms with van der Waals surface area (Å²) >= 11 is 0. The van der Waals surface area contributed by atoms with E-state index in [2.05, 4.69) is 0 Å². The Balaban J connectivity index is 0.00000144. The van der Waals surface area contributed by atoms with E-state index in [0.29, 0.717) is 5.56 Å². The van der Waals surface area contributed by atoms with Gasteiger partial charge in [-0.3, -0.25) is 0 Å². The van der Waals surface area contributed by atoms with Crippen molar-refractivity contribution in [3.8, 4) is 0 Å². The van der Waals surface area contributed by atoms with Crippen LogP contribution in [0.1, 0.15) is 36.4 Å². The lowest BCUT2D eigenvalue weighted by Gasteiger charge is -2.33. The van der Waals surface area contributed by atoms with Gasteiger partial charge in [0.1, 0.15) is 5.82 Å². The van der Waals surface area contributed by atoms with Gasteiger partial charge in [0.05, 0.1) is 12.1 Å². The van der Waals surface area contributed by atoms with E-state index in [1.807, 2.05) is 13.0 Å². The highest BCUT2D eigenvalue weighted by Crippen LogP contribution is 2.34. The average Bonchev–Trinajstić information content (AvgIpc) is 2.14. The molecule has 1 aromatic carbocycles. The van der Waals surface area contributed by atoms with Gasteiger partial charge in [-0.25, -0.2) is 4.39 Å². The van der Waals surface area contributed by atoms with E-state index in [9.17, 15) is 9.50 Å². The second kappa shape index (κ2) is 5.80. The monoisotopic (exact) mass is 259 g/mol. The fourth-order valence-electron chi connectivity index (χ4n) is 2.16. The lowest BCUT2D eigenvalue weighted by molar-refractivity contribution is 0.0405. The number of hydrogen-bond acceptors (Lipinski definition) is 2. The highest BCUT2D eigenvalue weighted by atomic mass is 35.5. The number of nitrogens with two attached hydrogens (primary N) is 1. The molecule has 0 unspecified atom stereocenters. The minimum Gasteiger partial charge on any atom is -0.391 e. The van der Waals surface area contributed by atoms with Crippen molar-refractivity contribution in [1.82, 2.24) is 0 Å². The van der Waals surface area contributed by atoms with Crippen LogP contribution in [0, 0.1) is 18.7 Å². The van der Waals surface area contributed by atoms with E-state index in [1.165, 1.54) is 6.07 Å². The van der Waals surface area contributed by atoms with Gasteiger partial charge < -0.3 is 10.8 Å². The molecule has 0 spiro atoms. The van der Waals surface area contributed by atoms with Crippen LogP contribution < -0.4 is 5.73 Å². The Bertz CT molecular complexity index is 382. The predicted octanol–water partition coefficient (Wildman–Crippen LogP) is 2.72. The first-order chi connectivity index (χ1) is 7.59. The zero-order valence-electron chi connectivity index (χ0n) is 9.90. The average molecular weight is 260 g/mol. The molecule has 0 aromatic heterocycles. The molecule has 0 radical (unpaired) electrons.